The zero-order valence-electron chi connectivity index (χ0n) is 19.8. The molecule has 1 N–H and O–H groups in total. The van der Waals surface area contributed by atoms with Crippen LogP contribution in [0, 0.1) is 0 Å². The molecular weight excluding hydrogens is 414 g/mol. The summed E-state index contributed by atoms with van der Waals surface area (Å²) in [7, 11) is 1.66. The average molecular weight is 450 g/mol. The van der Waals surface area contributed by atoms with E-state index in [0.29, 0.717) is 19.6 Å². The topological polar surface area (TPSA) is 65.4 Å². The number of hydrogen-bond donors (Lipinski definition) is 1. The molecule has 0 radical (unpaired) electrons. The Morgan fingerprint density at radius 2 is 2.00 bits per heavy atom. The van der Waals surface area contributed by atoms with E-state index in [-0.39, 0.29) is 5.91 Å². The number of benzene rings is 2. The summed E-state index contributed by atoms with van der Waals surface area (Å²) in [5, 5.41) is 2.94. The van der Waals surface area contributed by atoms with Gasteiger partial charge in [-0.3, -0.25) is 4.79 Å². The zero-order chi connectivity index (χ0) is 23.5. The Morgan fingerprint density at radius 1 is 1.15 bits per heavy atom. The van der Waals surface area contributed by atoms with Crippen molar-refractivity contribution in [3.63, 3.8) is 0 Å². The molecule has 0 aliphatic rings. The number of ether oxygens (including phenoxy) is 2. The second-order valence-corrected chi connectivity index (χ2v) is 8.01. The van der Waals surface area contributed by atoms with Gasteiger partial charge in [0.25, 0.3) is 0 Å². The lowest BCUT2D eigenvalue weighted by Crippen LogP contribution is -2.23. The van der Waals surface area contributed by atoms with Gasteiger partial charge in [-0.05, 0) is 49.1 Å². The summed E-state index contributed by atoms with van der Waals surface area (Å²) in [6.07, 6.45) is 7.18. The van der Waals surface area contributed by atoms with Gasteiger partial charge in [0.2, 0.25) is 5.91 Å². The van der Waals surface area contributed by atoms with E-state index in [1.807, 2.05) is 43.3 Å². The van der Waals surface area contributed by atoms with E-state index >= 15 is 0 Å². The molecule has 0 aliphatic heterocycles. The molecule has 176 valence electrons. The highest BCUT2D eigenvalue weighted by molar-refractivity contribution is 5.76. The van der Waals surface area contributed by atoms with Gasteiger partial charge in [-0.2, -0.15) is 0 Å². The summed E-state index contributed by atoms with van der Waals surface area (Å²) < 4.78 is 13.9. The van der Waals surface area contributed by atoms with Crippen molar-refractivity contribution in [2.24, 2.45) is 0 Å². The second-order valence-electron chi connectivity index (χ2n) is 8.01. The maximum absolute atomic E-state index is 11.4. The highest BCUT2D eigenvalue weighted by atomic mass is 16.5. The van der Waals surface area contributed by atoms with Gasteiger partial charge >= 0.3 is 0 Å². The highest BCUT2D eigenvalue weighted by Gasteiger charge is 2.11. The molecule has 0 fully saturated rings. The van der Waals surface area contributed by atoms with Gasteiger partial charge in [-0.15, -0.1) is 6.58 Å². The molecule has 0 bridgehead atoms. The Balaban J connectivity index is 1.60. The molecule has 3 aromatic rings. The number of allylic oxidation sites excluding steroid dienone is 1. The minimum atomic E-state index is 0.115. The van der Waals surface area contributed by atoms with Crippen LogP contribution in [0.5, 0.6) is 11.5 Å². The average Bonchev–Trinajstić information content (AvgIpc) is 3.19. The third-order valence-electron chi connectivity index (χ3n) is 5.63. The summed E-state index contributed by atoms with van der Waals surface area (Å²) in [5.74, 6) is 2.67. The van der Waals surface area contributed by atoms with Crippen molar-refractivity contribution in [2.45, 2.75) is 52.0 Å². The van der Waals surface area contributed by atoms with Crippen LogP contribution in [0.1, 0.15) is 44.0 Å². The van der Waals surface area contributed by atoms with Crippen molar-refractivity contribution >= 4 is 16.9 Å². The molecule has 0 saturated heterocycles. The first-order valence-electron chi connectivity index (χ1n) is 11.8. The van der Waals surface area contributed by atoms with Gasteiger partial charge in [0.1, 0.15) is 12.4 Å². The monoisotopic (exact) mass is 449 g/mol. The van der Waals surface area contributed by atoms with Gasteiger partial charge in [-0.25, -0.2) is 4.98 Å². The van der Waals surface area contributed by atoms with Crippen LogP contribution in [0.2, 0.25) is 0 Å². The number of imidazole rings is 1. The van der Waals surface area contributed by atoms with Crippen LogP contribution < -0.4 is 14.8 Å². The van der Waals surface area contributed by atoms with E-state index in [0.717, 1.165) is 72.6 Å². The van der Waals surface area contributed by atoms with E-state index in [4.69, 9.17) is 14.5 Å². The van der Waals surface area contributed by atoms with Gasteiger partial charge in [0.15, 0.2) is 11.5 Å². The first kappa shape index (κ1) is 24.4. The minimum Gasteiger partial charge on any atom is -0.493 e. The van der Waals surface area contributed by atoms with Crippen LogP contribution in [-0.2, 0) is 24.2 Å². The van der Waals surface area contributed by atoms with Crippen LogP contribution in [-0.4, -0.2) is 35.7 Å². The van der Waals surface area contributed by atoms with Crippen LogP contribution >= 0.6 is 0 Å². The van der Waals surface area contributed by atoms with Crippen molar-refractivity contribution in [1.82, 2.24) is 14.9 Å². The standard InChI is InChI=1S/C27H35N3O3/c1-4-11-21-15-16-24(25(20-21)32-3)33-19-18-30-23-13-9-8-12-22(23)29-26(30)14-7-6-10-17-28-27(31)5-2/h4,8-9,12-13,15-16,20H,1,5-7,10-11,14,17-19H2,2-3H3,(H,28,31). The lowest BCUT2D eigenvalue weighted by molar-refractivity contribution is -0.120. The van der Waals surface area contributed by atoms with E-state index < -0.39 is 0 Å². The van der Waals surface area contributed by atoms with Crippen molar-refractivity contribution in [2.75, 3.05) is 20.3 Å². The van der Waals surface area contributed by atoms with Gasteiger partial charge in [0, 0.05) is 19.4 Å². The second kappa shape index (κ2) is 12.7. The Morgan fingerprint density at radius 3 is 2.79 bits per heavy atom. The predicted molar refractivity (Wildman–Crippen MR) is 133 cm³/mol. The number of carbonyl (C=O) groups excluding carboxylic acids is 1. The number of aryl methyl sites for hydroxylation is 1. The number of nitrogens with zero attached hydrogens (tertiary/aromatic N) is 2. The quantitative estimate of drug-likeness (QED) is 0.275. The van der Waals surface area contributed by atoms with E-state index in [1.165, 1.54) is 0 Å². The Kier molecular flexibility index (Phi) is 9.36. The number of amides is 1. The van der Waals surface area contributed by atoms with Crippen molar-refractivity contribution in [1.29, 1.82) is 0 Å². The maximum Gasteiger partial charge on any atom is 0.219 e. The molecule has 1 aromatic heterocycles. The largest absolute Gasteiger partial charge is 0.493 e. The van der Waals surface area contributed by atoms with Crippen molar-refractivity contribution in [3.8, 4) is 11.5 Å². The fourth-order valence-electron chi connectivity index (χ4n) is 3.88. The Bertz CT molecular complexity index is 1060. The van der Waals surface area contributed by atoms with E-state index in [1.54, 1.807) is 7.11 Å². The van der Waals surface area contributed by atoms with Crippen LogP contribution in [0.25, 0.3) is 11.0 Å². The summed E-state index contributed by atoms with van der Waals surface area (Å²) in [5.41, 5.74) is 3.28. The highest BCUT2D eigenvalue weighted by Crippen LogP contribution is 2.28. The van der Waals surface area contributed by atoms with Crippen LogP contribution in [0.15, 0.2) is 55.1 Å². The van der Waals surface area contributed by atoms with Crippen molar-refractivity contribution in [3.05, 3.63) is 66.5 Å². The molecule has 1 heterocycles. The van der Waals surface area contributed by atoms with Crippen LogP contribution in [0.3, 0.4) is 0 Å². The number of carbonyl (C=O) groups is 1. The predicted octanol–water partition coefficient (Wildman–Crippen LogP) is 5.09. The normalized spacial score (nSPS) is 10.8. The molecular formula is C27H35N3O3. The SMILES string of the molecule is C=CCc1ccc(OCCn2c(CCCCCNC(=O)CC)nc3ccccc32)c(OC)c1. The number of aromatic nitrogens is 2. The first-order valence-corrected chi connectivity index (χ1v) is 11.8. The molecule has 33 heavy (non-hydrogen) atoms. The molecule has 0 aliphatic carbocycles. The fourth-order valence-corrected chi connectivity index (χ4v) is 3.88. The molecule has 6 heteroatoms. The number of methoxy groups -OCH3 is 1. The fraction of sp³-hybridized carbons (Fsp3) is 0.407. The molecule has 0 atom stereocenters. The molecule has 0 unspecified atom stereocenters. The zero-order valence-corrected chi connectivity index (χ0v) is 19.8. The number of hydrogen-bond acceptors (Lipinski definition) is 4. The third kappa shape index (κ3) is 6.85. The number of unbranched alkanes of at least 4 members (excludes halogenated alkanes) is 2. The summed E-state index contributed by atoms with van der Waals surface area (Å²) >= 11 is 0. The maximum atomic E-state index is 11.4. The summed E-state index contributed by atoms with van der Waals surface area (Å²) in [6, 6.07) is 14.2. The van der Waals surface area contributed by atoms with E-state index in [2.05, 4.69) is 28.6 Å². The van der Waals surface area contributed by atoms with Gasteiger partial charge < -0.3 is 19.4 Å². The molecule has 3 rings (SSSR count). The van der Waals surface area contributed by atoms with E-state index in [9.17, 15) is 4.79 Å². The minimum absolute atomic E-state index is 0.115. The van der Waals surface area contributed by atoms with Crippen LogP contribution in [0.4, 0.5) is 0 Å². The lowest BCUT2D eigenvalue weighted by Gasteiger charge is -2.14. The molecule has 6 nitrogen and oxygen atoms in total. The molecule has 0 spiro atoms. The molecule has 0 saturated carbocycles. The van der Waals surface area contributed by atoms with Crippen molar-refractivity contribution < 1.29 is 14.3 Å². The summed E-state index contributed by atoms with van der Waals surface area (Å²) in [4.78, 5) is 16.2. The summed E-state index contributed by atoms with van der Waals surface area (Å²) in [6.45, 7) is 7.64. The third-order valence-corrected chi connectivity index (χ3v) is 5.63. The van der Waals surface area contributed by atoms with Gasteiger partial charge in [0.05, 0.1) is 24.7 Å². The lowest BCUT2D eigenvalue weighted by atomic mass is 10.1. The number of nitrogens with one attached hydrogen (secondary N) is 1. The Labute approximate surface area is 196 Å². The number of rotatable bonds is 14. The number of para-hydroxylation sites is 2. The Hall–Kier alpha value is -3.28. The van der Waals surface area contributed by atoms with Gasteiger partial charge in [-0.1, -0.05) is 37.6 Å². The first-order chi connectivity index (χ1) is 16.2. The smallest absolute Gasteiger partial charge is 0.219 e. The number of fused-ring (bicyclic) bond motifs is 1. The molecule has 1 amide bonds. The molecule has 2 aromatic carbocycles.